The topological polar surface area (TPSA) is 58.2 Å². The largest absolute Gasteiger partial charge is 0.319 e. The lowest BCUT2D eigenvalue weighted by molar-refractivity contribution is 0.414. The molecule has 90 valence electrons. The second-order valence-electron chi connectivity index (χ2n) is 4.44. The molecule has 2 N–H and O–H groups in total. The molecule has 0 heterocycles. The van der Waals surface area contributed by atoms with Crippen LogP contribution in [0, 0.1) is 11.8 Å². The molecule has 15 heavy (non-hydrogen) atoms. The van der Waals surface area contributed by atoms with Gasteiger partial charge in [0.1, 0.15) is 0 Å². The first kappa shape index (κ1) is 12.9. The standard InChI is InChI=1S/C10H22N2O2S/c1-9-4-3-5-10(9)8-12-15(13,14)7-6-11-2/h9-12H,3-8H2,1-2H3. The monoisotopic (exact) mass is 234 g/mol. The zero-order valence-electron chi connectivity index (χ0n) is 9.62. The van der Waals surface area contributed by atoms with Gasteiger partial charge in [0.25, 0.3) is 0 Å². The Balaban J connectivity index is 2.29. The molecule has 0 aromatic heterocycles. The predicted octanol–water partition coefficient (Wildman–Crippen LogP) is 0.561. The molecule has 5 heteroatoms. The van der Waals surface area contributed by atoms with Crippen molar-refractivity contribution >= 4 is 10.0 Å². The Bertz CT molecular complexity index is 277. The van der Waals surface area contributed by atoms with E-state index in [2.05, 4.69) is 17.0 Å². The summed E-state index contributed by atoms with van der Waals surface area (Å²) in [6.45, 7) is 3.34. The zero-order chi connectivity index (χ0) is 11.3. The molecule has 2 unspecified atom stereocenters. The Morgan fingerprint density at radius 2 is 2.07 bits per heavy atom. The van der Waals surface area contributed by atoms with Crippen molar-refractivity contribution in [2.24, 2.45) is 11.8 Å². The SMILES string of the molecule is CNCCS(=O)(=O)NCC1CCCC1C. The zero-order valence-corrected chi connectivity index (χ0v) is 10.4. The molecule has 0 radical (unpaired) electrons. The van der Waals surface area contributed by atoms with Crippen LogP contribution in [0.5, 0.6) is 0 Å². The number of sulfonamides is 1. The Labute approximate surface area is 92.9 Å². The van der Waals surface area contributed by atoms with Gasteiger partial charge in [0.15, 0.2) is 0 Å². The highest BCUT2D eigenvalue weighted by Gasteiger charge is 2.24. The van der Waals surface area contributed by atoms with E-state index in [4.69, 9.17) is 0 Å². The summed E-state index contributed by atoms with van der Waals surface area (Å²) in [6, 6.07) is 0. The summed E-state index contributed by atoms with van der Waals surface area (Å²) in [5.74, 6) is 1.37. The molecular weight excluding hydrogens is 212 g/mol. The number of hydrogen-bond donors (Lipinski definition) is 2. The fourth-order valence-corrected chi connectivity index (χ4v) is 3.15. The first-order chi connectivity index (χ1) is 7.05. The molecule has 1 fully saturated rings. The molecule has 0 aliphatic heterocycles. The van der Waals surface area contributed by atoms with Crippen LogP contribution in [0.1, 0.15) is 26.2 Å². The fourth-order valence-electron chi connectivity index (χ4n) is 2.07. The highest BCUT2D eigenvalue weighted by Crippen LogP contribution is 2.30. The van der Waals surface area contributed by atoms with E-state index in [0.29, 0.717) is 24.9 Å². The lowest BCUT2D eigenvalue weighted by Gasteiger charge is -2.15. The molecule has 4 nitrogen and oxygen atoms in total. The first-order valence-electron chi connectivity index (χ1n) is 5.67. The molecule has 0 aromatic rings. The summed E-state index contributed by atoms with van der Waals surface area (Å²) in [5, 5.41) is 2.84. The van der Waals surface area contributed by atoms with Gasteiger partial charge in [0.2, 0.25) is 10.0 Å². The average molecular weight is 234 g/mol. The van der Waals surface area contributed by atoms with Crippen LogP contribution in [0.4, 0.5) is 0 Å². The molecule has 0 saturated heterocycles. The van der Waals surface area contributed by atoms with E-state index in [9.17, 15) is 8.42 Å². The van der Waals surface area contributed by atoms with Crippen LogP contribution in [0.3, 0.4) is 0 Å². The van der Waals surface area contributed by atoms with Crippen molar-refractivity contribution in [2.45, 2.75) is 26.2 Å². The summed E-state index contributed by atoms with van der Waals surface area (Å²) >= 11 is 0. The van der Waals surface area contributed by atoms with E-state index in [1.807, 2.05) is 0 Å². The van der Waals surface area contributed by atoms with E-state index in [-0.39, 0.29) is 5.75 Å². The van der Waals surface area contributed by atoms with E-state index < -0.39 is 10.0 Å². The maximum absolute atomic E-state index is 11.5. The normalized spacial score (nSPS) is 27.1. The highest BCUT2D eigenvalue weighted by atomic mass is 32.2. The second kappa shape index (κ2) is 5.82. The van der Waals surface area contributed by atoms with Crippen molar-refractivity contribution in [1.82, 2.24) is 10.0 Å². The fraction of sp³-hybridized carbons (Fsp3) is 1.00. The van der Waals surface area contributed by atoms with E-state index in [0.717, 1.165) is 6.42 Å². The minimum Gasteiger partial charge on any atom is -0.319 e. The van der Waals surface area contributed by atoms with Gasteiger partial charge in [-0.15, -0.1) is 0 Å². The lowest BCUT2D eigenvalue weighted by Crippen LogP contribution is -2.34. The summed E-state index contributed by atoms with van der Waals surface area (Å²) in [7, 11) is -1.31. The molecule has 2 atom stereocenters. The minimum absolute atomic E-state index is 0.171. The van der Waals surface area contributed by atoms with Gasteiger partial charge in [-0.25, -0.2) is 13.1 Å². The van der Waals surface area contributed by atoms with Crippen LogP contribution in [-0.2, 0) is 10.0 Å². The van der Waals surface area contributed by atoms with Crippen molar-refractivity contribution in [3.63, 3.8) is 0 Å². The average Bonchev–Trinajstić information content (AvgIpc) is 2.58. The molecular formula is C10H22N2O2S. The molecule has 1 rings (SSSR count). The van der Waals surface area contributed by atoms with Gasteiger partial charge < -0.3 is 5.32 Å². The summed E-state index contributed by atoms with van der Waals surface area (Å²) in [4.78, 5) is 0. The van der Waals surface area contributed by atoms with Gasteiger partial charge in [-0.3, -0.25) is 0 Å². The number of hydrogen-bond acceptors (Lipinski definition) is 3. The van der Waals surface area contributed by atoms with E-state index >= 15 is 0 Å². The maximum Gasteiger partial charge on any atom is 0.212 e. The minimum atomic E-state index is -3.07. The van der Waals surface area contributed by atoms with Crippen LogP contribution < -0.4 is 10.0 Å². The second-order valence-corrected chi connectivity index (χ2v) is 6.37. The molecule has 1 aliphatic carbocycles. The van der Waals surface area contributed by atoms with Gasteiger partial charge in [-0.2, -0.15) is 0 Å². The predicted molar refractivity (Wildman–Crippen MR) is 62.2 cm³/mol. The van der Waals surface area contributed by atoms with Crippen molar-refractivity contribution in [3.8, 4) is 0 Å². The van der Waals surface area contributed by atoms with Crippen molar-refractivity contribution in [3.05, 3.63) is 0 Å². The molecule has 0 spiro atoms. The quantitative estimate of drug-likeness (QED) is 0.706. The van der Waals surface area contributed by atoms with Crippen LogP contribution in [0.2, 0.25) is 0 Å². The van der Waals surface area contributed by atoms with Crippen molar-refractivity contribution in [2.75, 3.05) is 25.9 Å². The Kier molecular flexibility index (Phi) is 5.02. The highest BCUT2D eigenvalue weighted by molar-refractivity contribution is 7.89. The third-order valence-electron chi connectivity index (χ3n) is 3.23. The molecule has 0 aromatic carbocycles. The van der Waals surface area contributed by atoms with Crippen molar-refractivity contribution < 1.29 is 8.42 Å². The molecule has 0 bridgehead atoms. The molecule has 0 amide bonds. The third kappa shape index (κ3) is 4.49. The van der Waals surface area contributed by atoms with Crippen LogP contribution >= 0.6 is 0 Å². The summed E-state index contributed by atoms with van der Waals surface area (Å²) in [6.07, 6.45) is 3.64. The Morgan fingerprint density at radius 3 is 2.60 bits per heavy atom. The number of rotatable bonds is 6. The van der Waals surface area contributed by atoms with Gasteiger partial charge in [0.05, 0.1) is 5.75 Å². The van der Waals surface area contributed by atoms with Gasteiger partial charge in [-0.05, 0) is 25.3 Å². The maximum atomic E-state index is 11.5. The van der Waals surface area contributed by atoms with Crippen molar-refractivity contribution in [1.29, 1.82) is 0 Å². The summed E-state index contributed by atoms with van der Waals surface area (Å²) < 4.78 is 25.7. The van der Waals surface area contributed by atoms with Crippen LogP contribution in [-0.4, -0.2) is 34.3 Å². The first-order valence-corrected chi connectivity index (χ1v) is 7.32. The van der Waals surface area contributed by atoms with E-state index in [1.54, 1.807) is 7.05 Å². The van der Waals surface area contributed by atoms with Gasteiger partial charge in [-0.1, -0.05) is 19.8 Å². The van der Waals surface area contributed by atoms with Gasteiger partial charge >= 0.3 is 0 Å². The third-order valence-corrected chi connectivity index (χ3v) is 4.57. The number of nitrogens with one attached hydrogen (secondary N) is 2. The van der Waals surface area contributed by atoms with Crippen LogP contribution in [0.25, 0.3) is 0 Å². The smallest absolute Gasteiger partial charge is 0.212 e. The summed E-state index contributed by atoms with van der Waals surface area (Å²) in [5.41, 5.74) is 0. The Hall–Kier alpha value is -0.130. The molecule has 1 saturated carbocycles. The molecule has 1 aliphatic rings. The van der Waals surface area contributed by atoms with Gasteiger partial charge in [0, 0.05) is 13.1 Å². The van der Waals surface area contributed by atoms with E-state index in [1.165, 1.54) is 12.8 Å². The lowest BCUT2D eigenvalue weighted by atomic mass is 9.99. The van der Waals surface area contributed by atoms with Crippen LogP contribution in [0.15, 0.2) is 0 Å². The Morgan fingerprint density at radius 1 is 1.33 bits per heavy atom.